The van der Waals surface area contributed by atoms with Gasteiger partial charge < -0.3 is 14.3 Å². The van der Waals surface area contributed by atoms with Gasteiger partial charge in [-0.1, -0.05) is 24.3 Å². The quantitative estimate of drug-likeness (QED) is 0.773. The molecule has 3 rings (SSSR count). The zero-order valence-electron chi connectivity index (χ0n) is 10.5. The van der Waals surface area contributed by atoms with Gasteiger partial charge in [0.15, 0.2) is 0 Å². The van der Waals surface area contributed by atoms with Gasteiger partial charge in [0.2, 0.25) is 0 Å². The smallest absolute Gasteiger partial charge is 0.340 e. The number of fused-ring (bicyclic) bond motifs is 1. The second kappa shape index (κ2) is 5.48. The number of ether oxygens (including phenoxy) is 1. The molecule has 0 aliphatic heterocycles. The summed E-state index contributed by atoms with van der Waals surface area (Å²) in [6, 6.07) is 11.0. The van der Waals surface area contributed by atoms with Crippen LogP contribution in [0.2, 0.25) is 0 Å². The highest BCUT2D eigenvalue weighted by molar-refractivity contribution is 7.09. The molecule has 3 aromatic rings. The monoisotopic (exact) mass is 288 g/mol. The molecule has 0 amide bonds. The van der Waals surface area contributed by atoms with Gasteiger partial charge >= 0.3 is 5.97 Å². The van der Waals surface area contributed by atoms with E-state index in [1.54, 1.807) is 29.5 Å². The van der Waals surface area contributed by atoms with Crippen molar-refractivity contribution in [3.8, 4) is 0 Å². The normalized spacial score (nSPS) is 11.0. The maximum absolute atomic E-state index is 11.4. The van der Waals surface area contributed by atoms with Crippen LogP contribution in [0.15, 0.2) is 46.2 Å². The zero-order chi connectivity index (χ0) is 13.9. The number of rotatable bonds is 5. The third-order valence-electron chi connectivity index (χ3n) is 2.94. The van der Waals surface area contributed by atoms with Crippen LogP contribution in [0.25, 0.3) is 11.0 Å². The Morgan fingerprint density at radius 3 is 2.80 bits per heavy atom. The van der Waals surface area contributed by atoms with E-state index in [-0.39, 0.29) is 12.2 Å². The zero-order valence-corrected chi connectivity index (χ0v) is 11.4. The van der Waals surface area contributed by atoms with Crippen LogP contribution in [-0.4, -0.2) is 11.1 Å². The van der Waals surface area contributed by atoms with Crippen molar-refractivity contribution in [2.24, 2.45) is 0 Å². The largest absolute Gasteiger partial charge is 0.478 e. The fourth-order valence-electron chi connectivity index (χ4n) is 2.07. The first-order valence-corrected chi connectivity index (χ1v) is 6.97. The van der Waals surface area contributed by atoms with Crippen molar-refractivity contribution in [2.45, 2.75) is 13.2 Å². The molecule has 0 fully saturated rings. The van der Waals surface area contributed by atoms with Crippen molar-refractivity contribution >= 4 is 28.3 Å². The van der Waals surface area contributed by atoms with E-state index in [1.165, 1.54) is 0 Å². The molecule has 0 unspecified atom stereocenters. The molecule has 0 saturated carbocycles. The van der Waals surface area contributed by atoms with Gasteiger partial charge in [-0.25, -0.2) is 4.79 Å². The molecule has 5 heteroatoms. The summed E-state index contributed by atoms with van der Waals surface area (Å²) in [4.78, 5) is 12.5. The summed E-state index contributed by atoms with van der Waals surface area (Å²) in [5.41, 5.74) is 0.756. The number of benzene rings is 1. The molecule has 1 N–H and O–H groups in total. The average molecular weight is 288 g/mol. The molecule has 0 spiro atoms. The lowest BCUT2D eigenvalue weighted by Gasteiger charge is -2.01. The average Bonchev–Trinajstić information content (AvgIpc) is 3.05. The first kappa shape index (κ1) is 12.9. The number of carbonyl (C=O) groups is 1. The molecule has 102 valence electrons. The van der Waals surface area contributed by atoms with Crippen LogP contribution in [-0.2, 0) is 18.0 Å². The van der Waals surface area contributed by atoms with Crippen LogP contribution < -0.4 is 0 Å². The van der Waals surface area contributed by atoms with Gasteiger partial charge in [-0.15, -0.1) is 11.3 Å². The van der Waals surface area contributed by atoms with E-state index in [2.05, 4.69) is 0 Å². The third kappa shape index (κ3) is 2.45. The molecular weight excluding hydrogens is 276 g/mol. The summed E-state index contributed by atoms with van der Waals surface area (Å²) >= 11 is 1.60. The van der Waals surface area contributed by atoms with Gasteiger partial charge in [-0.05, 0) is 17.5 Å². The number of thiophene rings is 1. The van der Waals surface area contributed by atoms with E-state index in [1.807, 2.05) is 23.6 Å². The SMILES string of the molecule is O=C(O)c1c(COCc2cccs2)oc2ccccc12. The van der Waals surface area contributed by atoms with E-state index in [0.717, 1.165) is 4.88 Å². The Morgan fingerprint density at radius 2 is 2.05 bits per heavy atom. The summed E-state index contributed by atoms with van der Waals surface area (Å²) in [6.45, 7) is 0.599. The fraction of sp³-hybridized carbons (Fsp3) is 0.133. The van der Waals surface area contributed by atoms with Crippen molar-refractivity contribution in [3.63, 3.8) is 0 Å². The predicted molar refractivity (Wildman–Crippen MR) is 76.0 cm³/mol. The Kier molecular flexibility index (Phi) is 3.54. The van der Waals surface area contributed by atoms with E-state index < -0.39 is 5.97 Å². The number of furan rings is 1. The van der Waals surface area contributed by atoms with Crippen molar-refractivity contribution in [2.75, 3.05) is 0 Å². The Bertz CT molecular complexity index is 728. The lowest BCUT2D eigenvalue weighted by Crippen LogP contribution is -2.01. The predicted octanol–water partition coefficient (Wildman–Crippen LogP) is 3.91. The summed E-state index contributed by atoms with van der Waals surface area (Å²) in [7, 11) is 0. The lowest BCUT2D eigenvalue weighted by atomic mass is 10.1. The topological polar surface area (TPSA) is 59.7 Å². The van der Waals surface area contributed by atoms with Crippen molar-refractivity contribution in [3.05, 3.63) is 58.0 Å². The highest BCUT2D eigenvalue weighted by Gasteiger charge is 2.19. The number of carboxylic acids is 1. The van der Waals surface area contributed by atoms with Crippen molar-refractivity contribution in [1.29, 1.82) is 0 Å². The van der Waals surface area contributed by atoms with Crippen LogP contribution in [0.1, 0.15) is 21.0 Å². The molecule has 0 atom stereocenters. The van der Waals surface area contributed by atoms with E-state index in [9.17, 15) is 9.90 Å². The van der Waals surface area contributed by atoms with Gasteiger partial charge in [-0.2, -0.15) is 0 Å². The Balaban J connectivity index is 1.83. The molecule has 0 aliphatic rings. The molecule has 20 heavy (non-hydrogen) atoms. The number of carboxylic acid groups (broad SMARTS) is 1. The van der Waals surface area contributed by atoms with Crippen molar-refractivity contribution < 1.29 is 19.1 Å². The molecule has 4 nitrogen and oxygen atoms in total. The number of aromatic carboxylic acids is 1. The van der Waals surface area contributed by atoms with Gasteiger partial charge in [0, 0.05) is 10.3 Å². The van der Waals surface area contributed by atoms with Crippen molar-refractivity contribution in [1.82, 2.24) is 0 Å². The van der Waals surface area contributed by atoms with E-state index in [0.29, 0.717) is 23.3 Å². The number of hydrogen-bond donors (Lipinski definition) is 1. The summed E-state index contributed by atoms with van der Waals surface area (Å²) in [5.74, 6) is -0.639. The molecule has 0 bridgehead atoms. The van der Waals surface area contributed by atoms with Crippen LogP contribution in [0, 0.1) is 0 Å². The Hall–Kier alpha value is -2.11. The maximum Gasteiger partial charge on any atom is 0.340 e. The second-order valence-corrected chi connectivity index (χ2v) is 5.31. The first-order valence-electron chi connectivity index (χ1n) is 6.09. The summed E-state index contributed by atoms with van der Waals surface area (Å²) < 4.78 is 11.1. The fourth-order valence-corrected chi connectivity index (χ4v) is 2.71. The molecule has 0 aliphatic carbocycles. The van der Waals surface area contributed by atoms with E-state index >= 15 is 0 Å². The highest BCUT2D eigenvalue weighted by Crippen LogP contribution is 2.26. The summed E-state index contributed by atoms with van der Waals surface area (Å²) in [6.07, 6.45) is 0. The number of para-hydroxylation sites is 1. The third-order valence-corrected chi connectivity index (χ3v) is 3.79. The van der Waals surface area contributed by atoms with Gasteiger partial charge in [-0.3, -0.25) is 0 Å². The molecule has 2 aromatic heterocycles. The van der Waals surface area contributed by atoms with Crippen LogP contribution >= 0.6 is 11.3 Å². The van der Waals surface area contributed by atoms with Crippen LogP contribution in [0.4, 0.5) is 0 Å². The van der Waals surface area contributed by atoms with Crippen LogP contribution in [0.5, 0.6) is 0 Å². The second-order valence-electron chi connectivity index (χ2n) is 4.27. The minimum atomic E-state index is -0.996. The first-order chi connectivity index (χ1) is 9.75. The van der Waals surface area contributed by atoms with Gasteiger partial charge in [0.1, 0.15) is 23.5 Å². The molecule has 1 aromatic carbocycles. The Labute approximate surface area is 119 Å². The molecule has 0 saturated heterocycles. The summed E-state index contributed by atoms with van der Waals surface area (Å²) in [5, 5.41) is 11.9. The van der Waals surface area contributed by atoms with E-state index in [4.69, 9.17) is 9.15 Å². The molecule has 2 heterocycles. The standard InChI is InChI=1S/C15H12O4S/c16-15(17)14-11-5-1-2-6-12(11)19-13(14)9-18-8-10-4-3-7-20-10/h1-7H,8-9H2,(H,16,17). The minimum absolute atomic E-state index is 0.147. The minimum Gasteiger partial charge on any atom is -0.478 e. The molecule has 0 radical (unpaired) electrons. The lowest BCUT2D eigenvalue weighted by molar-refractivity contribution is 0.0675. The number of hydrogen-bond acceptors (Lipinski definition) is 4. The maximum atomic E-state index is 11.4. The van der Waals surface area contributed by atoms with Gasteiger partial charge in [0.05, 0.1) is 6.61 Å². The van der Waals surface area contributed by atoms with Crippen LogP contribution in [0.3, 0.4) is 0 Å². The van der Waals surface area contributed by atoms with Gasteiger partial charge in [0.25, 0.3) is 0 Å². The molecular formula is C15H12O4S. The Morgan fingerprint density at radius 1 is 1.20 bits per heavy atom. The highest BCUT2D eigenvalue weighted by atomic mass is 32.1.